The van der Waals surface area contributed by atoms with Crippen molar-refractivity contribution in [2.24, 2.45) is 11.1 Å². The molecule has 1 unspecified atom stereocenters. The predicted octanol–water partition coefficient (Wildman–Crippen LogP) is 0.789. The van der Waals surface area contributed by atoms with E-state index in [0.717, 1.165) is 18.7 Å². The van der Waals surface area contributed by atoms with Crippen LogP contribution in [0.4, 0.5) is 0 Å². The summed E-state index contributed by atoms with van der Waals surface area (Å²) in [7, 11) is 0. The average molecular weight is 236 g/mol. The Kier molecular flexibility index (Phi) is 3.02. The molecule has 0 radical (unpaired) electrons. The number of carbonyl (C=O) groups is 2. The van der Waals surface area contributed by atoms with Crippen molar-refractivity contribution in [1.29, 1.82) is 0 Å². The highest BCUT2D eigenvalue weighted by atomic mass is 16.3. The molecule has 1 aliphatic heterocycles. The number of nitrogens with zero attached hydrogens (tertiary/aromatic N) is 1. The van der Waals surface area contributed by atoms with Crippen molar-refractivity contribution in [3.8, 4) is 0 Å². The quantitative estimate of drug-likeness (QED) is 0.784. The Morgan fingerprint density at radius 1 is 1.65 bits per heavy atom. The molecule has 17 heavy (non-hydrogen) atoms. The summed E-state index contributed by atoms with van der Waals surface area (Å²) in [5.74, 6) is 0.811. The number of amides is 1. The van der Waals surface area contributed by atoms with Gasteiger partial charge in [-0.15, -0.1) is 0 Å². The summed E-state index contributed by atoms with van der Waals surface area (Å²) in [6.45, 7) is 3.95. The van der Waals surface area contributed by atoms with Gasteiger partial charge in [0.1, 0.15) is 5.76 Å². The molecule has 5 heteroatoms. The van der Waals surface area contributed by atoms with Crippen molar-refractivity contribution >= 4 is 12.2 Å². The van der Waals surface area contributed by atoms with E-state index >= 15 is 0 Å². The van der Waals surface area contributed by atoms with Gasteiger partial charge in [-0.25, -0.2) is 0 Å². The van der Waals surface area contributed by atoms with Crippen LogP contribution in [0.5, 0.6) is 0 Å². The first kappa shape index (κ1) is 11.9. The van der Waals surface area contributed by atoms with E-state index in [1.54, 1.807) is 12.1 Å². The van der Waals surface area contributed by atoms with Gasteiger partial charge in [0.05, 0.1) is 12.0 Å². The van der Waals surface area contributed by atoms with Crippen molar-refractivity contribution in [2.75, 3.05) is 13.1 Å². The molecule has 0 aromatic carbocycles. The maximum atomic E-state index is 11.3. The highest BCUT2D eigenvalue weighted by Crippen LogP contribution is 2.30. The van der Waals surface area contributed by atoms with E-state index < -0.39 is 5.41 Å². The number of likely N-dealkylation sites (tertiary alicyclic amines) is 1. The topological polar surface area (TPSA) is 76.5 Å². The molecule has 1 aliphatic rings. The van der Waals surface area contributed by atoms with Gasteiger partial charge in [-0.3, -0.25) is 14.5 Å². The van der Waals surface area contributed by atoms with Crippen LogP contribution in [0.1, 0.15) is 29.7 Å². The molecule has 5 nitrogen and oxygen atoms in total. The number of carbonyl (C=O) groups excluding carboxylic acids is 2. The number of primary amides is 1. The lowest BCUT2D eigenvalue weighted by Crippen LogP contribution is -2.36. The largest absolute Gasteiger partial charge is 0.457 e. The lowest BCUT2D eigenvalue weighted by atomic mass is 9.89. The minimum atomic E-state index is -0.444. The Hall–Kier alpha value is -1.62. The van der Waals surface area contributed by atoms with Crippen LogP contribution < -0.4 is 5.73 Å². The molecule has 0 aliphatic carbocycles. The molecule has 1 saturated heterocycles. The van der Waals surface area contributed by atoms with E-state index in [9.17, 15) is 9.59 Å². The maximum absolute atomic E-state index is 11.3. The highest BCUT2D eigenvalue weighted by molar-refractivity contribution is 5.81. The van der Waals surface area contributed by atoms with Gasteiger partial charge in [-0.2, -0.15) is 0 Å². The molecule has 2 rings (SSSR count). The van der Waals surface area contributed by atoms with Crippen molar-refractivity contribution in [3.05, 3.63) is 23.7 Å². The summed E-state index contributed by atoms with van der Waals surface area (Å²) in [6, 6.07) is 3.43. The number of aldehydes is 1. The van der Waals surface area contributed by atoms with E-state index in [1.807, 2.05) is 6.92 Å². The molecule has 1 fully saturated rings. The minimum absolute atomic E-state index is 0.256. The van der Waals surface area contributed by atoms with E-state index in [-0.39, 0.29) is 5.91 Å². The van der Waals surface area contributed by atoms with Gasteiger partial charge in [-0.1, -0.05) is 0 Å². The lowest BCUT2D eigenvalue weighted by molar-refractivity contribution is -0.126. The van der Waals surface area contributed by atoms with Crippen LogP contribution in [0, 0.1) is 5.41 Å². The molecule has 0 bridgehead atoms. The number of furan rings is 1. The molecule has 92 valence electrons. The van der Waals surface area contributed by atoms with Gasteiger partial charge in [0.2, 0.25) is 5.91 Å². The number of rotatable bonds is 4. The zero-order valence-corrected chi connectivity index (χ0v) is 9.81. The fraction of sp³-hybridized carbons (Fsp3) is 0.500. The normalized spacial score (nSPS) is 25.0. The molecule has 2 heterocycles. The summed E-state index contributed by atoms with van der Waals surface area (Å²) < 4.78 is 5.30. The van der Waals surface area contributed by atoms with Gasteiger partial charge < -0.3 is 10.2 Å². The molecule has 1 aromatic rings. The van der Waals surface area contributed by atoms with Crippen LogP contribution in [-0.4, -0.2) is 30.2 Å². The van der Waals surface area contributed by atoms with Crippen LogP contribution in [-0.2, 0) is 11.3 Å². The van der Waals surface area contributed by atoms with Crippen LogP contribution in [0.15, 0.2) is 16.5 Å². The standard InChI is InChI=1S/C12H16N2O3/c1-12(11(13)16)4-5-14(8-12)6-9-2-3-10(7-15)17-9/h2-3,7H,4-6,8H2,1H3,(H2,13,16). The fourth-order valence-corrected chi connectivity index (χ4v) is 2.16. The SMILES string of the molecule is CC1(C(N)=O)CCN(Cc2ccc(C=O)o2)C1. The van der Waals surface area contributed by atoms with Gasteiger partial charge >= 0.3 is 0 Å². The summed E-state index contributed by atoms with van der Waals surface area (Å²) in [4.78, 5) is 23.9. The van der Waals surface area contributed by atoms with Crippen molar-refractivity contribution in [3.63, 3.8) is 0 Å². The van der Waals surface area contributed by atoms with Crippen molar-refractivity contribution < 1.29 is 14.0 Å². The van der Waals surface area contributed by atoms with E-state index in [2.05, 4.69) is 4.90 Å². The second-order valence-corrected chi connectivity index (χ2v) is 4.81. The lowest BCUT2D eigenvalue weighted by Gasteiger charge is -2.20. The predicted molar refractivity (Wildman–Crippen MR) is 61.3 cm³/mol. The zero-order chi connectivity index (χ0) is 12.5. The fourth-order valence-electron chi connectivity index (χ4n) is 2.16. The molecule has 0 spiro atoms. The minimum Gasteiger partial charge on any atom is -0.457 e. The molecule has 2 N–H and O–H groups in total. The Morgan fingerprint density at radius 3 is 2.94 bits per heavy atom. The van der Waals surface area contributed by atoms with Crippen LogP contribution in [0.25, 0.3) is 0 Å². The van der Waals surface area contributed by atoms with Crippen LogP contribution in [0.2, 0.25) is 0 Å². The van der Waals surface area contributed by atoms with Gasteiger partial charge in [0.15, 0.2) is 12.0 Å². The van der Waals surface area contributed by atoms with E-state index in [1.165, 1.54) is 0 Å². The summed E-state index contributed by atoms with van der Waals surface area (Å²) in [5.41, 5.74) is 4.93. The number of nitrogens with two attached hydrogens (primary N) is 1. The summed E-state index contributed by atoms with van der Waals surface area (Å²) in [6.07, 6.45) is 1.45. The van der Waals surface area contributed by atoms with Gasteiger partial charge in [0, 0.05) is 6.54 Å². The van der Waals surface area contributed by atoms with Gasteiger partial charge in [0.25, 0.3) is 0 Å². The maximum Gasteiger partial charge on any atom is 0.224 e. The van der Waals surface area contributed by atoms with Crippen molar-refractivity contribution in [2.45, 2.75) is 19.9 Å². The molecule has 1 atom stereocenters. The Bertz CT molecular complexity index is 441. The number of hydrogen-bond donors (Lipinski definition) is 1. The summed E-state index contributed by atoms with van der Waals surface area (Å²) in [5, 5.41) is 0. The summed E-state index contributed by atoms with van der Waals surface area (Å²) >= 11 is 0. The Morgan fingerprint density at radius 2 is 2.41 bits per heavy atom. The molecule has 1 amide bonds. The average Bonchev–Trinajstić information content (AvgIpc) is 2.87. The second kappa shape index (κ2) is 4.33. The Labute approximate surface area is 99.6 Å². The Balaban J connectivity index is 1.98. The molecular formula is C12H16N2O3. The third-order valence-corrected chi connectivity index (χ3v) is 3.33. The van der Waals surface area contributed by atoms with E-state index in [0.29, 0.717) is 25.1 Å². The van der Waals surface area contributed by atoms with Crippen LogP contribution in [0.3, 0.4) is 0 Å². The molecule has 0 saturated carbocycles. The second-order valence-electron chi connectivity index (χ2n) is 4.81. The monoisotopic (exact) mass is 236 g/mol. The van der Waals surface area contributed by atoms with E-state index in [4.69, 9.17) is 10.2 Å². The molecule has 1 aromatic heterocycles. The van der Waals surface area contributed by atoms with Crippen LogP contribution >= 0.6 is 0 Å². The third kappa shape index (κ3) is 2.39. The first-order chi connectivity index (χ1) is 8.03. The van der Waals surface area contributed by atoms with Crippen molar-refractivity contribution in [1.82, 2.24) is 4.90 Å². The zero-order valence-electron chi connectivity index (χ0n) is 9.81. The van der Waals surface area contributed by atoms with Gasteiger partial charge in [-0.05, 0) is 32.0 Å². The smallest absolute Gasteiger partial charge is 0.224 e. The third-order valence-electron chi connectivity index (χ3n) is 3.33. The first-order valence-corrected chi connectivity index (χ1v) is 5.60. The molecular weight excluding hydrogens is 220 g/mol. The highest BCUT2D eigenvalue weighted by Gasteiger charge is 2.38. The first-order valence-electron chi connectivity index (χ1n) is 5.60. The number of hydrogen-bond acceptors (Lipinski definition) is 4.